The first kappa shape index (κ1) is 15.5. The molecule has 2 nitrogen and oxygen atoms in total. The second-order valence-corrected chi connectivity index (χ2v) is 2.79. The average Bonchev–Trinajstić information content (AvgIpc) is 2.04. The molecular weight excluding hydrogens is 307 g/mol. The van der Waals surface area contributed by atoms with Gasteiger partial charge in [-0.2, -0.15) is 18.1 Å². The smallest absolute Gasteiger partial charge is 0.400 e. The summed E-state index contributed by atoms with van der Waals surface area (Å²) in [5, 5.41) is 3.26. The number of nitrogen functional groups attached to an aromatic ring is 1. The van der Waals surface area contributed by atoms with Crippen molar-refractivity contribution in [3.63, 3.8) is 0 Å². The van der Waals surface area contributed by atoms with Crippen molar-refractivity contribution in [1.29, 1.82) is 0 Å². The van der Waals surface area contributed by atoms with E-state index < -0.39 is 0 Å². The van der Waals surface area contributed by atoms with Crippen LogP contribution < -0.4 is 127 Å². The molecule has 3 N–H and O–H groups in total. The van der Waals surface area contributed by atoms with Crippen LogP contribution in [0.5, 0.6) is 0 Å². The molecule has 1 aromatic rings. The molecule has 0 aromatic heterocycles. The van der Waals surface area contributed by atoms with Gasteiger partial charge in [0.1, 0.15) is 0 Å². The number of hydrogen-bond acceptors (Lipinski definition) is 2. The third-order valence-electron chi connectivity index (χ3n) is 1.95. The van der Waals surface area contributed by atoms with Crippen LogP contribution in [-0.4, -0.2) is 6.54 Å². The van der Waals surface area contributed by atoms with Crippen molar-refractivity contribution in [2.24, 2.45) is 0 Å². The van der Waals surface area contributed by atoms with Crippen LogP contribution in [0.2, 0.25) is 0 Å². The zero-order valence-corrected chi connectivity index (χ0v) is 18.1. The van der Waals surface area contributed by atoms with Gasteiger partial charge in [-0.3, -0.25) is 0 Å². The maximum absolute atomic E-state index is 5.64. The quantitative estimate of drug-likeness (QED) is 0.371. The fraction of sp³-hybridized carbons (Fsp3) is 0.222. The van der Waals surface area contributed by atoms with E-state index >= 15 is 0 Å². The minimum absolute atomic E-state index is 0. The van der Waals surface area contributed by atoms with Gasteiger partial charge in [0.25, 0.3) is 0 Å². The van der Waals surface area contributed by atoms with Gasteiger partial charge < -0.3 is 11.1 Å². The largest absolute Gasteiger partial charge is 1.00 e. The maximum atomic E-state index is 5.64. The van der Waals surface area contributed by atoms with E-state index in [-0.39, 0.29) is 116 Å². The molecule has 0 saturated carbocycles. The van der Waals surface area contributed by atoms with Gasteiger partial charge in [0.05, 0.1) is 0 Å². The van der Waals surface area contributed by atoms with Gasteiger partial charge in [-0.05, 0) is 13.1 Å². The molecule has 0 radical (unpaired) electrons. The molecule has 0 unspecified atom stereocenters. The number of nitrogens with one attached hydrogen (secondary N) is 1. The van der Waals surface area contributed by atoms with Crippen LogP contribution in [0.25, 0.3) is 0 Å². The second-order valence-electron chi connectivity index (χ2n) is 2.79. The molecule has 58 valence electrons. The van der Waals surface area contributed by atoms with E-state index in [1.165, 1.54) is 11.1 Å². The third kappa shape index (κ3) is 4.45. The molecule has 2 rings (SSSR count). The number of hydrogen-bond donors (Lipinski definition) is 2. The van der Waals surface area contributed by atoms with E-state index in [1.807, 2.05) is 12.1 Å². The molecule has 0 saturated heterocycles. The maximum Gasteiger partial charge on any atom is 1.00 e. The van der Waals surface area contributed by atoms with Crippen molar-refractivity contribution < 1.29 is 116 Å². The number of benzene rings is 1. The molecule has 13 heavy (non-hydrogen) atoms. The Morgan fingerprint density at radius 1 is 1.31 bits per heavy atom. The van der Waals surface area contributed by atoms with E-state index in [2.05, 4.69) is 17.8 Å². The SMILES string of the molecule is Nc1ccc2c(c1)CNC[CH-]2.[Rb+].[Rb+]. The van der Waals surface area contributed by atoms with Crippen molar-refractivity contribution >= 4 is 5.69 Å². The summed E-state index contributed by atoms with van der Waals surface area (Å²) < 4.78 is 0. The van der Waals surface area contributed by atoms with Crippen LogP contribution in [-0.2, 0) is 6.54 Å². The summed E-state index contributed by atoms with van der Waals surface area (Å²) in [5.74, 6) is 0. The number of rotatable bonds is 0. The molecule has 0 spiro atoms. The van der Waals surface area contributed by atoms with E-state index in [0.717, 1.165) is 18.8 Å². The Hall–Kier alpha value is 2.46. The summed E-state index contributed by atoms with van der Waals surface area (Å²) in [6, 6.07) is 6.05. The first-order valence-electron chi connectivity index (χ1n) is 3.78. The zero-order valence-electron chi connectivity index (χ0n) is 8.30. The molecule has 0 fully saturated rings. The van der Waals surface area contributed by atoms with Crippen LogP contribution in [0.1, 0.15) is 11.1 Å². The van der Waals surface area contributed by atoms with E-state index in [0.29, 0.717) is 0 Å². The van der Waals surface area contributed by atoms with Crippen molar-refractivity contribution in [3.05, 3.63) is 35.7 Å². The summed E-state index contributed by atoms with van der Waals surface area (Å²) >= 11 is 0. The first-order chi connectivity index (χ1) is 5.36. The fourth-order valence-electron chi connectivity index (χ4n) is 1.37. The topological polar surface area (TPSA) is 38.0 Å². The standard InChI is InChI=1S/C9H11N2.2Rb/c10-9-2-1-7-3-4-11-6-8(7)5-9;;/h1-3,5,11H,4,6,10H2;;/q-1;2*+1. The minimum Gasteiger partial charge on any atom is -0.400 e. The van der Waals surface area contributed by atoms with Gasteiger partial charge in [0.15, 0.2) is 0 Å². The summed E-state index contributed by atoms with van der Waals surface area (Å²) in [6.07, 6.45) is 2.18. The molecule has 1 aromatic carbocycles. The summed E-state index contributed by atoms with van der Waals surface area (Å²) in [7, 11) is 0. The van der Waals surface area contributed by atoms with Gasteiger partial charge in [-0.15, -0.1) is 5.56 Å². The van der Waals surface area contributed by atoms with Crippen molar-refractivity contribution in [2.45, 2.75) is 6.54 Å². The zero-order chi connectivity index (χ0) is 7.68. The monoisotopic (exact) mass is 317 g/mol. The Morgan fingerprint density at radius 2 is 2.08 bits per heavy atom. The Bertz CT molecular complexity index is 276. The minimum atomic E-state index is 0. The summed E-state index contributed by atoms with van der Waals surface area (Å²) in [5.41, 5.74) is 9.11. The second kappa shape index (κ2) is 7.69. The van der Waals surface area contributed by atoms with E-state index in [4.69, 9.17) is 5.73 Å². The molecule has 1 heterocycles. The van der Waals surface area contributed by atoms with Gasteiger partial charge in [-0.25, -0.2) is 0 Å². The van der Waals surface area contributed by atoms with Crippen molar-refractivity contribution in [1.82, 2.24) is 5.32 Å². The van der Waals surface area contributed by atoms with Crippen LogP contribution in [0.15, 0.2) is 18.2 Å². The number of anilines is 1. The molecular formula is C9H11N2Rb2+. The molecule has 0 bridgehead atoms. The molecule has 0 aliphatic carbocycles. The van der Waals surface area contributed by atoms with Crippen molar-refractivity contribution in [2.75, 3.05) is 12.3 Å². The number of fused-ring (bicyclic) bond motifs is 1. The van der Waals surface area contributed by atoms with Crippen LogP contribution in [0, 0.1) is 6.42 Å². The van der Waals surface area contributed by atoms with Gasteiger partial charge in [0, 0.05) is 5.69 Å². The van der Waals surface area contributed by atoms with Crippen LogP contribution in [0.4, 0.5) is 5.69 Å². The van der Waals surface area contributed by atoms with Gasteiger partial charge in [-0.1, -0.05) is 12.1 Å². The summed E-state index contributed by atoms with van der Waals surface area (Å²) in [4.78, 5) is 0. The number of nitrogens with two attached hydrogens (primary N) is 1. The Morgan fingerprint density at radius 3 is 2.85 bits per heavy atom. The summed E-state index contributed by atoms with van der Waals surface area (Å²) in [6.45, 7) is 1.91. The van der Waals surface area contributed by atoms with Gasteiger partial charge in [0.2, 0.25) is 0 Å². The van der Waals surface area contributed by atoms with E-state index in [1.54, 1.807) is 0 Å². The average molecular weight is 318 g/mol. The Kier molecular flexibility index (Phi) is 9.14. The van der Waals surface area contributed by atoms with Crippen LogP contribution >= 0.6 is 0 Å². The van der Waals surface area contributed by atoms with Crippen LogP contribution in [0.3, 0.4) is 0 Å². The molecule has 0 amide bonds. The molecule has 1 aliphatic rings. The van der Waals surface area contributed by atoms with E-state index in [9.17, 15) is 0 Å². The predicted molar refractivity (Wildman–Crippen MR) is 46.0 cm³/mol. The Balaban J connectivity index is 0.000000720. The normalized spacial score (nSPS) is 12.9. The molecule has 1 aliphatic heterocycles. The molecule has 4 heteroatoms. The first-order valence-corrected chi connectivity index (χ1v) is 3.78. The Labute approximate surface area is 177 Å². The predicted octanol–water partition coefficient (Wildman–Crippen LogP) is -5.07. The van der Waals surface area contributed by atoms with Crippen molar-refractivity contribution in [3.8, 4) is 0 Å². The third-order valence-corrected chi connectivity index (χ3v) is 1.95. The molecule has 0 atom stereocenters. The van der Waals surface area contributed by atoms with Gasteiger partial charge >= 0.3 is 116 Å². The fourth-order valence-corrected chi connectivity index (χ4v) is 1.37.